The van der Waals surface area contributed by atoms with E-state index in [2.05, 4.69) is 10.2 Å². The van der Waals surface area contributed by atoms with Crippen LogP contribution in [0.2, 0.25) is 0 Å². The molecule has 0 saturated heterocycles. The largest absolute Gasteiger partial charge is 0.454 e. The highest BCUT2D eigenvalue weighted by Gasteiger charge is 1.86. The Kier molecular flexibility index (Phi) is 7.59. The lowest BCUT2D eigenvalue weighted by Gasteiger charge is -1.94. The van der Waals surface area contributed by atoms with Crippen molar-refractivity contribution in [3.63, 3.8) is 0 Å². The zero-order chi connectivity index (χ0) is 10.8. The number of ether oxygens (including phenoxy) is 1. The molecule has 14 heavy (non-hydrogen) atoms. The summed E-state index contributed by atoms with van der Waals surface area (Å²) >= 11 is 4.72. The molecule has 0 bridgehead atoms. The van der Waals surface area contributed by atoms with E-state index in [9.17, 15) is 4.79 Å². The number of carbonyl (C=O) groups is 1. The summed E-state index contributed by atoms with van der Waals surface area (Å²) in [4.78, 5) is 9.59. The van der Waals surface area contributed by atoms with Gasteiger partial charge in [-0.05, 0) is 19.1 Å². The first kappa shape index (κ1) is 12.7. The van der Waals surface area contributed by atoms with E-state index in [0.29, 0.717) is 6.61 Å². The number of hydrazine groups is 1. The summed E-state index contributed by atoms with van der Waals surface area (Å²) in [6.07, 6.45) is 0. The number of nitrogens with one attached hydrogen (secondary N) is 1. The van der Waals surface area contributed by atoms with Crippen LogP contribution < -0.4 is 11.3 Å². The first-order chi connectivity index (χ1) is 6.70. The minimum absolute atomic E-state index is 0.350. The second-order valence-electron chi connectivity index (χ2n) is 2.18. The summed E-state index contributed by atoms with van der Waals surface area (Å²) in [7, 11) is 0. The maximum absolute atomic E-state index is 9.59. The smallest absolute Gasteiger partial charge is 0.403 e. The number of carbonyl (C=O) groups excluding carboxylic acids is 1. The fourth-order valence-electron chi connectivity index (χ4n) is 0.648. The van der Waals surface area contributed by atoms with Gasteiger partial charge in [0.25, 0.3) is 0 Å². The van der Waals surface area contributed by atoms with Gasteiger partial charge < -0.3 is 10.2 Å². The number of halogens is 1. The Bertz CT molecular complexity index is 254. The van der Waals surface area contributed by atoms with Gasteiger partial charge >= 0.3 is 5.43 Å². The van der Waals surface area contributed by atoms with Crippen molar-refractivity contribution in [2.45, 2.75) is 6.92 Å². The zero-order valence-corrected chi connectivity index (χ0v) is 8.62. The van der Waals surface area contributed by atoms with E-state index in [1.54, 1.807) is 6.92 Å². The molecule has 0 saturated carbocycles. The summed E-state index contributed by atoms with van der Waals surface area (Å²) in [5.74, 6) is 5.10. The molecule has 0 aliphatic rings. The second-order valence-corrected chi connectivity index (χ2v) is 2.49. The normalized spacial score (nSPS) is 8.21. The Labute approximate surface area is 88.0 Å². The quantitative estimate of drug-likeness (QED) is 0.453. The fourth-order valence-corrected chi connectivity index (χ4v) is 0.757. The molecule has 0 atom stereocenters. The number of nitrogens with two attached hydrogens (primary N) is 1. The van der Waals surface area contributed by atoms with E-state index in [4.69, 9.17) is 17.4 Å². The van der Waals surface area contributed by atoms with Crippen LogP contribution in [0, 0.1) is 0 Å². The standard InChI is InChI=1S/C6H8N2.C3H5ClO2/c7-8-6-4-2-1-3-5-6;1-2-6-3(4)5/h1-5,8H,7H2;2H2,1H3. The fraction of sp³-hybridized carbons (Fsp3) is 0.222. The van der Waals surface area contributed by atoms with Gasteiger partial charge in [-0.2, -0.15) is 0 Å². The van der Waals surface area contributed by atoms with Crippen LogP contribution in [-0.4, -0.2) is 12.0 Å². The third kappa shape index (κ3) is 7.39. The van der Waals surface area contributed by atoms with Crippen LogP contribution in [0.5, 0.6) is 0 Å². The van der Waals surface area contributed by atoms with Crippen molar-refractivity contribution in [2.75, 3.05) is 12.0 Å². The van der Waals surface area contributed by atoms with Crippen molar-refractivity contribution >= 4 is 22.7 Å². The van der Waals surface area contributed by atoms with Crippen molar-refractivity contribution in [3.8, 4) is 0 Å². The van der Waals surface area contributed by atoms with Gasteiger partial charge in [-0.15, -0.1) is 0 Å². The lowest BCUT2D eigenvalue weighted by atomic mass is 10.3. The Morgan fingerprint density at radius 1 is 1.50 bits per heavy atom. The van der Waals surface area contributed by atoms with E-state index < -0.39 is 5.43 Å². The lowest BCUT2D eigenvalue weighted by molar-refractivity contribution is 0.180. The van der Waals surface area contributed by atoms with Gasteiger partial charge in [-0.3, -0.25) is 5.84 Å². The number of hydrogen-bond acceptors (Lipinski definition) is 4. The topological polar surface area (TPSA) is 64.3 Å². The lowest BCUT2D eigenvalue weighted by Crippen LogP contribution is -2.05. The minimum Gasteiger partial charge on any atom is -0.454 e. The van der Waals surface area contributed by atoms with Crippen LogP contribution in [0.25, 0.3) is 0 Å². The van der Waals surface area contributed by atoms with E-state index in [1.165, 1.54) is 0 Å². The van der Waals surface area contributed by atoms with Crippen LogP contribution in [0.3, 0.4) is 0 Å². The molecule has 5 heteroatoms. The maximum Gasteiger partial charge on any atom is 0.403 e. The van der Waals surface area contributed by atoms with Gasteiger partial charge in [0, 0.05) is 17.3 Å². The molecule has 1 rings (SSSR count). The number of anilines is 1. The molecule has 78 valence electrons. The van der Waals surface area contributed by atoms with Crippen molar-refractivity contribution < 1.29 is 9.53 Å². The first-order valence-corrected chi connectivity index (χ1v) is 4.42. The molecule has 0 spiro atoms. The molecule has 0 aliphatic carbocycles. The molecule has 3 N–H and O–H groups in total. The number of nitrogen functional groups attached to an aromatic ring is 1. The van der Waals surface area contributed by atoms with Gasteiger partial charge in [0.2, 0.25) is 0 Å². The Morgan fingerprint density at radius 3 is 2.29 bits per heavy atom. The third-order valence-corrected chi connectivity index (χ3v) is 1.31. The average molecular weight is 217 g/mol. The zero-order valence-electron chi connectivity index (χ0n) is 7.87. The third-order valence-electron chi connectivity index (χ3n) is 1.20. The van der Waals surface area contributed by atoms with Gasteiger partial charge in [0.1, 0.15) is 0 Å². The Balaban J connectivity index is 0.000000255. The van der Waals surface area contributed by atoms with Gasteiger partial charge in [0.15, 0.2) is 0 Å². The Hall–Kier alpha value is -1.26. The molecule has 0 fully saturated rings. The highest BCUT2D eigenvalue weighted by molar-refractivity contribution is 6.61. The molecule has 0 amide bonds. The van der Waals surface area contributed by atoms with Crippen molar-refractivity contribution in [3.05, 3.63) is 30.3 Å². The number of hydrogen-bond donors (Lipinski definition) is 2. The van der Waals surface area contributed by atoms with Gasteiger partial charge in [-0.25, -0.2) is 4.79 Å². The van der Waals surface area contributed by atoms with Crippen molar-refractivity contribution in [2.24, 2.45) is 5.84 Å². The summed E-state index contributed by atoms with van der Waals surface area (Å²) in [6, 6.07) is 9.60. The predicted molar refractivity (Wildman–Crippen MR) is 57.1 cm³/mol. The molecular formula is C9H13ClN2O2. The van der Waals surface area contributed by atoms with Crippen LogP contribution >= 0.6 is 11.6 Å². The summed E-state index contributed by atoms with van der Waals surface area (Å²) in [5, 5.41) is 0. The molecule has 0 aromatic heterocycles. The second kappa shape index (κ2) is 8.34. The molecule has 1 aromatic rings. The monoisotopic (exact) mass is 216 g/mol. The summed E-state index contributed by atoms with van der Waals surface area (Å²) in [5.41, 5.74) is 2.73. The van der Waals surface area contributed by atoms with Crippen LogP contribution in [0.15, 0.2) is 30.3 Å². The highest BCUT2D eigenvalue weighted by atomic mass is 35.5. The minimum atomic E-state index is -0.738. The van der Waals surface area contributed by atoms with Gasteiger partial charge in [0.05, 0.1) is 6.61 Å². The highest BCUT2D eigenvalue weighted by Crippen LogP contribution is 2.00. The van der Waals surface area contributed by atoms with Crippen molar-refractivity contribution in [1.29, 1.82) is 0 Å². The molecule has 1 aromatic carbocycles. The SMILES string of the molecule is CCOC(=O)Cl.NNc1ccccc1. The van der Waals surface area contributed by atoms with E-state index in [0.717, 1.165) is 5.69 Å². The molecule has 0 radical (unpaired) electrons. The van der Waals surface area contributed by atoms with Gasteiger partial charge in [-0.1, -0.05) is 18.2 Å². The number of rotatable bonds is 2. The summed E-state index contributed by atoms with van der Waals surface area (Å²) < 4.78 is 4.17. The van der Waals surface area contributed by atoms with E-state index >= 15 is 0 Å². The number of benzene rings is 1. The number of para-hydroxylation sites is 1. The van der Waals surface area contributed by atoms with Crippen molar-refractivity contribution in [1.82, 2.24) is 0 Å². The predicted octanol–water partition coefficient (Wildman–Crippen LogP) is 2.35. The van der Waals surface area contributed by atoms with Crippen LogP contribution in [0.1, 0.15) is 6.92 Å². The maximum atomic E-state index is 9.59. The van der Waals surface area contributed by atoms with E-state index in [1.807, 2.05) is 30.3 Å². The molecule has 0 heterocycles. The Morgan fingerprint density at radius 2 is 2.07 bits per heavy atom. The molecular weight excluding hydrogens is 204 g/mol. The summed E-state index contributed by atoms with van der Waals surface area (Å²) in [6.45, 7) is 2.04. The molecule has 4 nitrogen and oxygen atoms in total. The molecule has 0 unspecified atom stereocenters. The molecule has 0 aliphatic heterocycles. The van der Waals surface area contributed by atoms with E-state index in [-0.39, 0.29) is 0 Å². The first-order valence-electron chi connectivity index (χ1n) is 4.04. The average Bonchev–Trinajstić information content (AvgIpc) is 2.20. The van der Waals surface area contributed by atoms with Crippen LogP contribution in [0.4, 0.5) is 10.5 Å². The van der Waals surface area contributed by atoms with Crippen LogP contribution in [-0.2, 0) is 4.74 Å².